The second kappa shape index (κ2) is 7.81. The number of anilines is 1. The molecule has 2 heterocycles. The topological polar surface area (TPSA) is 75.9 Å². The van der Waals surface area contributed by atoms with E-state index in [-0.39, 0.29) is 18.5 Å². The Morgan fingerprint density at radius 2 is 2.11 bits per heavy atom. The SMILES string of the molecule is O=C(Nc1cccc(-n2cnnn2)c1)[C@H]1CCCN1Cc1ccc(F)cc1F. The van der Waals surface area contributed by atoms with Crippen LogP contribution >= 0.6 is 0 Å². The summed E-state index contributed by atoms with van der Waals surface area (Å²) in [5, 5.41) is 13.9. The van der Waals surface area contributed by atoms with Crippen molar-refractivity contribution in [2.24, 2.45) is 0 Å². The van der Waals surface area contributed by atoms with Crippen molar-refractivity contribution in [2.45, 2.75) is 25.4 Å². The van der Waals surface area contributed by atoms with Gasteiger partial charge in [-0.25, -0.2) is 13.5 Å². The van der Waals surface area contributed by atoms with Gasteiger partial charge in [0.25, 0.3) is 0 Å². The molecule has 2 aromatic carbocycles. The molecule has 0 unspecified atom stereocenters. The van der Waals surface area contributed by atoms with Crippen LogP contribution in [0.1, 0.15) is 18.4 Å². The molecule has 1 aromatic heterocycles. The largest absolute Gasteiger partial charge is 0.325 e. The molecule has 1 fully saturated rings. The summed E-state index contributed by atoms with van der Waals surface area (Å²) >= 11 is 0. The van der Waals surface area contributed by atoms with Crippen molar-refractivity contribution >= 4 is 11.6 Å². The van der Waals surface area contributed by atoms with E-state index in [1.165, 1.54) is 23.1 Å². The molecule has 1 aliphatic rings. The third-order valence-electron chi connectivity index (χ3n) is 4.78. The molecule has 4 rings (SSSR count). The smallest absolute Gasteiger partial charge is 0.241 e. The van der Waals surface area contributed by atoms with Crippen LogP contribution in [0.5, 0.6) is 0 Å². The van der Waals surface area contributed by atoms with Gasteiger partial charge in [0, 0.05) is 23.9 Å². The number of likely N-dealkylation sites (tertiary alicyclic amines) is 1. The summed E-state index contributed by atoms with van der Waals surface area (Å²) in [6.45, 7) is 0.939. The van der Waals surface area contributed by atoms with Gasteiger partial charge in [-0.15, -0.1) is 5.10 Å². The number of carbonyl (C=O) groups is 1. The molecule has 28 heavy (non-hydrogen) atoms. The summed E-state index contributed by atoms with van der Waals surface area (Å²) in [6, 6.07) is 10.3. The second-order valence-electron chi connectivity index (χ2n) is 6.66. The Labute approximate surface area is 160 Å². The first kappa shape index (κ1) is 18.2. The van der Waals surface area contributed by atoms with Gasteiger partial charge in [-0.3, -0.25) is 9.69 Å². The molecule has 3 aromatic rings. The number of hydrogen-bond donors (Lipinski definition) is 1. The first-order valence-corrected chi connectivity index (χ1v) is 8.92. The van der Waals surface area contributed by atoms with E-state index in [2.05, 4.69) is 20.8 Å². The molecular weight excluding hydrogens is 366 g/mol. The van der Waals surface area contributed by atoms with Crippen molar-refractivity contribution in [1.82, 2.24) is 25.1 Å². The number of hydrogen-bond acceptors (Lipinski definition) is 5. The van der Waals surface area contributed by atoms with Gasteiger partial charge < -0.3 is 5.32 Å². The first-order valence-electron chi connectivity index (χ1n) is 8.92. The zero-order valence-electron chi connectivity index (χ0n) is 14.9. The molecule has 9 heteroatoms. The number of aromatic nitrogens is 4. The molecule has 0 spiro atoms. The maximum absolute atomic E-state index is 14.0. The van der Waals surface area contributed by atoms with Crippen LogP contribution in [0.15, 0.2) is 48.8 Å². The van der Waals surface area contributed by atoms with E-state index < -0.39 is 11.6 Å². The van der Waals surface area contributed by atoms with Gasteiger partial charge in [0.1, 0.15) is 18.0 Å². The highest BCUT2D eigenvalue weighted by Gasteiger charge is 2.31. The summed E-state index contributed by atoms with van der Waals surface area (Å²) in [7, 11) is 0. The maximum atomic E-state index is 14.0. The van der Waals surface area contributed by atoms with E-state index in [0.29, 0.717) is 24.2 Å². The Hall–Kier alpha value is -3.20. The molecule has 7 nitrogen and oxygen atoms in total. The lowest BCUT2D eigenvalue weighted by Gasteiger charge is -2.24. The van der Waals surface area contributed by atoms with Crippen molar-refractivity contribution < 1.29 is 13.6 Å². The number of nitrogens with zero attached hydrogens (tertiary/aromatic N) is 5. The summed E-state index contributed by atoms with van der Waals surface area (Å²) in [4.78, 5) is 14.7. The van der Waals surface area contributed by atoms with Crippen LogP contribution in [0.25, 0.3) is 5.69 Å². The monoisotopic (exact) mass is 384 g/mol. The molecule has 144 valence electrons. The maximum Gasteiger partial charge on any atom is 0.241 e. The van der Waals surface area contributed by atoms with Gasteiger partial charge in [-0.2, -0.15) is 0 Å². The highest BCUT2D eigenvalue weighted by Crippen LogP contribution is 2.23. The van der Waals surface area contributed by atoms with Gasteiger partial charge >= 0.3 is 0 Å². The standard InChI is InChI=1S/C19H18F2N6O/c20-14-7-6-13(17(21)9-14)11-26-8-2-5-18(26)19(28)23-15-3-1-4-16(10-15)27-12-22-24-25-27/h1,3-4,6-7,9-10,12,18H,2,5,8,11H2,(H,23,28)/t18-/m1/s1. The van der Waals surface area contributed by atoms with Crippen molar-refractivity contribution in [2.75, 3.05) is 11.9 Å². The zero-order valence-corrected chi connectivity index (χ0v) is 14.9. The Kier molecular flexibility index (Phi) is 5.07. The predicted octanol–water partition coefficient (Wildman–Crippen LogP) is 2.54. The fourth-order valence-electron chi connectivity index (χ4n) is 3.41. The fraction of sp³-hybridized carbons (Fsp3) is 0.263. The molecule has 0 radical (unpaired) electrons. The Morgan fingerprint density at radius 3 is 2.89 bits per heavy atom. The van der Waals surface area contributed by atoms with Crippen molar-refractivity contribution in [1.29, 1.82) is 0 Å². The zero-order chi connectivity index (χ0) is 19.5. The minimum Gasteiger partial charge on any atom is -0.325 e. The highest BCUT2D eigenvalue weighted by atomic mass is 19.1. The van der Waals surface area contributed by atoms with Crippen molar-refractivity contribution in [3.63, 3.8) is 0 Å². The lowest BCUT2D eigenvalue weighted by Crippen LogP contribution is -2.39. The molecule has 0 saturated carbocycles. The summed E-state index contributed by atoms with van der Waals surface area (Å²) in [5.41, 5.74) is 1.72. The normalized spacial score (nSPS) is 17.0. The molecule has 1 N–H and O–H groups in total. The number of benzene rings is 2. The second-order valence-corrected chi connectivity index (χ2v) is 6.66. The Bertz CT molecular complexity index is 978. The van der Waals surface area contributed by atoms with Gasteiger partial charge in [0.15, 0.2) is 0 Å². The Balaban J connectivity index is 1.46. The minimum absolute atomic E-state index is 0.158. The average molecular weight is 384 g/mol. The van der Waals surface area contributed by atoms with E-state index in [4.69, 9.17) is 0 Å². The van der Waals surface area contributed by atoms with Gasteiger partial charge in [0.05, 0.1) is 11.7 Å². The quantitative estimate of drug-likeness (QED) is 0.732. The minimum atomic E-state index is -0.612. The third-order valence-corrected chi connectivity index (χ3v) is 4.78. The fourth-order valence-corrected chi connectivity index (χ4v) is 3.41. The molecule has 1 saturated heterocycles. The van der Waals surface area contributed by atoms with E-state index in [0.717, 1.165) is 18.2 Å². The van der Waals surface area contributed by atoms with Crippen molar-refractivity contribution in [3.8, 4) is 5.69 Å². The summed E-state index contributed by atoms with van der Waals surface area (Å²) < 4.78 is 28.6. The molecule has 1 aliphatic heterocycles. The summed E-state index contributed by atoms with van der Waals surface area (Å²) in [5.74, 6) is -1.37. The van der Waals surface area contributed by atoms with E-state index in [9.17, 15) is 13.6 Å². The van der Waals surface area contributed by atoms with Crippen LogP contribution in [0.3, 0.4) is 0 Å². The highest BCUT2D eigenvalue weighted by molar-refractivity contribution is 5.95. The van der Waals surface area contributed by atoms with E-state index >= 15 is 0 Å². The molecule has 0 aliphatic carbocycles. The van der Waals surface area contributed by atoms with E-state index in [1.54, 1.807) is 18.2 Å². The number of rotatable bonds is 5. The van der Waals surface area contributed by atoms with Crippen LogP contribution in [0.2, 0.25) is 0 Å². The molecule has 0 bridgehead atoms. The number of nitrogens with one attached hydrogen (secondary N) is 1. The average Bonchev–Trinajstić information content (AvgIpc) is 3.36. The van der Waals surface area contributed by atoms with Crippen LogP contribution in [-0.2, 0) is 11.3 Å². The molecular formula is C19H18F2N6O. The van der Waals surface area contributed by atoms with Crippen LogP contribution in [0, 0.1) is 11.6 Å². The van der Waals surface area contributed by atoms with E-state index in [1.807, 2.05) is 11.0 Å². The lowest BCUT2D eigenvalue weighted by atomic mass is 10.1. The number of halogens is 2. The first-order chi connectivity index (χ1) is 13.6. The summed E-state index contributed by atoms with van der Waals surface area (Å²) in [6.07, 6.45) is 2.99. The molecule has 1 atom stereocenters. The third kappa shape index (κ3) is 3.89. The van der Waals surface area contributed by atoms with Gasteiger partial charge in [-0.05, 0) is 54.1 Å². The number of tetrazole rings is 1. The van der Waals surface area contributed by atoms with Gasteiger partial charge in [-0.1, -0.05) is 12.1 Å². The number of carbonyl (C=O) groups excluding carboxylic acids is 1. The molecule has 1 amide bonds. The van der Waals surface area contributed by atoms with Gasteiger partial charge in [0.2, 0.25) is 5.91 Å². The lowest BCUT2D eigenvalue weighted by molar-refractivity contribution is -0.120. The Morgan fingerprint density at radius 1 is 1.21 bits per heavy atom. The predicted molar refractivity (Wildman–Crippen MR) is 97.6 cm³/mol. The van der Waals surface area contributed by atoms with Crippen LogP contribution in [-0.4, -0.2) is 43.6 Å². The van der Waals surface area contributed by atoms with Crippen molar-refractivity contribution in [3.05, 3.63) is 66.0 Å². The van der Waals surface area contributed by atoms with Crippen LogP contribution < -0.4 is 5.32 Å². The van der Waals surface area contributed by atoms with Crippen LogP contribution in [0.4, 0.5) is 14.5 Å². The number of amides is 1.